The van der Waals surface area contributed by atoms with Crippen molar-refractivity contribution in [3.8, 4) is 0 Å². The van der Waals surface area contributed by atoms with Gasteiger partial charge in [0.05, 0.1) is 0 Å². The summed E-state index contributed by atoms with van der Waals surface area (Å²) >= 11 is 0. The Morgan fingerprint density at radius 2 is 1.20 bits per heavy atom. The smallest absolute Gasteiger partial charge is 0.408 e. The van der Waals surface area contributed by atoms with Crippen LogP contribution in [0, 0.1) is 5.92 Å². The molecule has 0 bridgehead atoms. The van der Waals surface area contributed by atoms with Crippen LogP contribution in [0.15, 0.2) is 12.2 Å². The summed E-state index contributed by atoms with van der Waals surface area (Å²) in [5.74, 6) is -0.287. The molecule has 0 saturated heterocycles. The molecule has 4 N–H and O–H groups in total. The minimum absolute atomic E-state index is 0.0207. The van der Waals surface area contributed by atoms with Crippen LogP contribution in [-0.2, 0) is 19.1 Å². The Morgan fingerprint density at radius 3 is 1.75 bits per heavy atom. The van der Waals surface area contributed by atoms with E-state index in [1.165, 1.54) is 0 Å². The van der Waals surface area contributed by atoms with Crippen molar-refractivity contribution in [3.05, 3.63) is 12.2 Å². The van der Waals surface area contributed by atoms with Crippen LogP contribution >= 0.6 is 0 Å². The summed E-state index contributed by atoms with van der Waals surface area (Å²) in [5, 5.41) is 11.3. The molecule has 10 heteroatoms. The largest absolute Gasteiger partial charge is 0.444 e. The van der Waals surface area contributed by atoms with E-state index in [0.717, 1.165) is 38.5 Å². The van der Waals surface area contributed by atoms with Gasteiger partial charge in [0, 0.05) is 25.6 Å². The van der Waals surface area contributed by atoms with E-state index in [-0.39, 0.29) is 17.7 Å². The number of unbranched alkanes of at least 4 members (excludes halogenated alkanes) is 3. The van der Waals surface area contributed by atoms with E-state index in [9.17, 15) is 19.2 Å². The maximum atomic E-state index is 12.6. The van der Waals surface area contributed by atoms with Crippen molar-refractivity contribution >= 4 is 24.0 Å². The van der Waals surface area contributed by atoms with Crippen molar-refractivity contribution in [1.82, 2.24) is 21.3 Å². The summed E-state index contributed by atoms with van der Waals surface area (Å²) in [6.45, 7) is 16.3. The lowest BCUT2D eigenvalue weighted by Crippen LogP contribution is -2.48. The molecule has 0 saturated carbocycles. The minimum Gasteiger partial charge on any atom is -0.444 e. The summed E-state index contributed by atoms with van der Waals surface area (Å²) in [5.41, 5.74) is -1.14. The van der Waals surface area contributed by atoms with Crippen molar-refractivity contribution in [1.29, 1.82) is 0 Å². The van der Waals surface area contributed by atoms with Gasteiger partial charge in [-0.3, -0.25) is 9.59 Å². The first kappa shape index (κ1) is 37.2. The Morgan fingerprint density at radius 1 is 0.675 bits per heavy atom. The highest BCUT2D eigenvalue weighted by molar-refractivity contribution is 5.85. The second-order valence-electron chi connectivity index (χ2n) is 12.2. The summed E-state index contributed by atoms with van der Waals surface area (Å²) in [6, 6.07) is -0.621. The van der Waals surface area contributed by atoms with Gasteiger partial charge in [0.2, 0.25) is 11.8 Å². The van der Waals surface area contributed by atoms with Gasteiger partial charge in [0.25, 0.3) is 0 Å². The summed E-state index contributed by atoms with van der Waals surface area (Å²) in [4.78, 5) is 48.7. The third-order valence-corrected chi connectivity index (χ3v) is 5.67. The normalized spacial score (nSPS) is 13.3. The molecule has 4 amide bonds. The molecule has 0 aliphatic rings. The Balaban J connectivity index is 4.13. The zero-order valence-corrected chi connectivity index (χ0v) is 26.2. The predicted molar refractivity (Wildman–Crippen MR) is 159 cm³/mol. The van der Waals surface area contributed by atoms with Gasteiger partial charge >= 0.3 is 12.2 Å². The van der Waals surface area contributed by atoms with E-state index < -0.39 is 29.4 Å². The molecule has 0 unspecified atom stereocenters. The average molecular weight is 569 g/mol. The third kappa shape index (κ3) is 22.1. The summed E-state index contributed by atoms with van der Waals surface area (Å²) < 4.78 is 10.5. The second-order valence-corrected chi connectivity index (χ2v) is 12.2. The zero-order valence-electron chi connectivity index (χ0n) is 26.2. The SMILES string of the molecule is CCCCC[C@H](NC(=O)OC(C)(C)C)C(=O)NCC/C=C\CCNC(=O)[C@@H](C)CCCCNC(=O)OC(C)(C)C. The number of amides is 4. The lowest BCUT2D eigenvalue weighted by Gasteiger charge is -2.23. The average Bonchev–Trinajstić information content (AvgIpc) is 2.82. The van der Waals surface area contributed by atoms with Crippen LogP contribution in [0.5, 0.6) is 0 Å². The van der Waals surface area contributed by atoms with E-state index in [4.69, 9.17) is 9.47 Å². The first-order valence-corrected chi connectivity index (χ1v) is 14.8. The molecule has 232 valence electrons. The standard InChI is InChI=1S/C30H56N4O6/c1-9-10-13-19-24(34-28(38)40-30(6,7)8)26(36)32-21-16-12-11-15-20-31-25(35)23(2)18-14-17-22-33-27(37)39-29(3,4)5/h11-12,23-24H,9-10,13-22H2,1-8H3,(H,31,35)(H,32,36)(H,33,37)(H,34,38)/b12-11-/t23-,24-/m0/s1. The third-order valence-electron chi connectivity index (χ3n) is 5.67. The molecule has 0 aromatic heterocycles. The molecule has 0 aliphatic heterocycles. The van der Waals surface area contributed by atoms with Gasteiger partial charge in [-0.05, 0) is 73.6 Å². The van der Waals surface area contributed by atoms with Gasteiger partial charge in [-0.2, -0.15) is 0 Å². The zero-order chi connectivity index (χ0) is 30.6. The monoisotopic (exact) mass is 568 g/mol. The van der Waals surface area contributed by atoms with Gasteiger partial charge in [0.1, 0.15) is 17.2 Å². The van der Waals surface area contributed by atoms with Crippen molar-refractivity contribution < 1.29 is 28.7 Å². The van der Waals surface area contributed by atoms with Gasteiger partial charge < -0.3 is 30.7 Å². The van der Waals surface area contributed by atoms with E-state index in [2.05, 4.69) is 28.2 Å². The molecule has 10 nitrogen and oxygen atoms in total. The number of nitrogens with one attached hydrogen (secondary N) is 4. The summed E-state index contributed by atoms with van der Waals surface area (Å²) in [6.07, 6.45) is 10.1. The van der Waals surface area contributed by atoms with Gasteiger partial charge in [-0.15, -0.1) is 0 Å². The number of carbonyl (C=O) groups is 4. The van der Waals surface area contributed by atoms with Crippen molar-refractivity contribution in [2.45, 2.75) is 130 Å². The first-order valence-electron chi connectivity index (χ1n) is 14.8. The number of carbonyl (C=O) groups excluding carboxylic acids is 4. The molecule has 40 heavy (non-hydrogen) atoms. The molecular weight excluding hydrogens is 512 g/mol. The number of ether oxygens (including phenoxy) is 2. The number of hydrogen-bond acceptors (Lipinski definition) is 6. The van der Waals surface area contributed by atoms with Crippen molar-refractivity contribution in [2.24, 2.45) is 5.92 Å². The fourth-order valence-corrected chi connectivity index (χ4v) is 3.62. The van der Waals surface area contributed by atoms with E-state index in [0.29, 0.717) is 38.9 Å². The van der Waals surface area contributed by atoms with Crippen molar-refractivity contribution in [2.75, 3.05) is 19.6 Å². The first-order chi connectivity index (χ1) is 18.6. The van der Waals surface area contributed by atoms with E-state index >= 15 is 0 Å². The highest BCUT2D eigenvalue weighted by Crippen LogP contribution is 2.10. The fraction of sp³-hybridized carbons (Fsp3) is 0.800. The topological polar surface area (TPSA) is 135 Å². The number of rotatable bonds is 18. The van der Waals surface area contributed by atoms with Gasteiger partial charge in [0.15, 0.2) is 0 Å². The Labute approximate surface area is 242 Å². The van der Waals surface area contributed by atoms with Crippen LogP contribution in [0.25, 0.3) is 0 Å². The number of hydrogen-bond donors (Lipinski definition) is 4. The van der Waals surface area contributed by atoms with Gasteiger partial charge in [-0.25, -0.2) is 9.59 Å². The van der Waals surface area contributed by atoms with Crippen molar-refractivity contribution in [3.63, 3.8) is 0 Å². The Bertz CT molecular complexity index is 786. The van der Waals surface area contributed by atoms with E-state index in [1.807, 2.05) is 39.8 Å². The molecule has 0 spiro atoms. The number of alkyl carbamates (subject to hydrolysis) is 2. The molecule has 2 atom stereocenters. The maximum absolute atomic E-state index is 12.6. The van der Waals surface area contributed by atoms with E-state index in [1.54, 1.807) is 20.8 Å². The van der Waals surface area contributed by atoms with Crippen LogP contribution in [0.4, 0.5) is 9.59 Å². The Hall–Kier alpha value is -2.78. The fourth-order valence-electron chi connectivity index (χ4n) is 3.62. The molecule has 0 fully saturated rings. The highest BCUT2D eigenvalue weighted by atomic mass is 16.6. The molecule has 0 aromatic rings. The van der Waals surface area contributed by atoms with Crippen LogP contribution < -0.4 is 21.3 Å². The van der Waals surface area contributed by atoms with Gasteiger partial charge in [-0.1, -0.05) is 51.7 Å². The minimum atomic E-state index is -0.626. The van der Waals surface area contributed by atoms with Crippen LogP contribution in [0.3, 0.4) is 0 Å². The maximum Gasteiger partial charge on any atom is 0.408 e. The molecule has 0 aliphatic carbocycles. The molecule has 0 rings (SSSR count). The molecule has 0 heterocycles. The van der Waals surface area contributed by atoms with Crippen LogP contribution in [0.2, 0.25) is 0 Å². The molecular formula is C30H56N4O6. The predicted octanol–water partition coefficient (Wildman–Crippen LogP) is 5.36. The quantitative estimate of drug-likeness (QED) is 0.130. The lowest BCUT2D eigenvalue weighted by atomic mass is 10.0. The molecule has 0 radical (unpaired) electrons. The van der Waals surface area contributed by atoms with Crippen LogP contribution in [-0.4, -0.2) is 60.9 Å². The molecule has 0 aromatic carbocycles. The summed E-state index contributed by atoms with van der Waals surface area (Å²) in [7, 11) is 0. The second kappa shape index (κ2) is 20.2. The Kier molecular flexibility index (Phi) is 18.7. The lowest BCUT2D eigenvalue weighted by molar-refractivity contribution is -0.125. The van der Waals surface area contributed by atoms with Crippen LogP contribution in [0.1, 0.15) is 113 Å². The highest BCUT2D eigenvalue weighted by Gasteiger charge is 2.23.